The predicted octanol–water partition coefficient (Wildman–Crippen LogP) is 1.92. The molecule has 0 saturated carbocycles. The first-order valence-electron chi connectivity index (χ1n) is 3.56. The number of hydrogen-bond donors (Lipinski definition) is 1. The average Bonchev–Trinajstić information content (AvgIpc) is 2.39. The van der Waals surface area contributed by atoms with Crippen LogP contribution in [-0.2, 0) is 7.05 Å². The topological polar surface area (TPSA) is 43.8 Å². The summed E-state index contributed by atoms with van der Waals surface area (Å²) < 4.78 is 2.65. The molecule has 0 saturated heterocycles. The molecule has 0 radical (unpaired) electrons. The van der Waals surface area contributed by atoms with Gasteiger partial charge < -0.3 is 5.73 Å². The van der Waals surface area contributed by atoms with Crippen LogP contribution in [-0.4, -0.2) is 9.78 Å². The molecule has 0 unspecified atom stereocenters. The van der Waals surface area contributed by atoms with Gasteiger partial charge in [-0.3, -0.25) is 4.68 Å². The highest BCUT2D eigenvalue weighted by Gasteiger charge is 2.04. The lowest BCUT2D eigenvalue weighted by atomic mass is 10.2. The van der Waals surface area contributed by atoms with Gasteiger partial charge in [-0.1, -0.05) is 0 Å². The second-order valence-electron chi connectivity index (χ2n) is 2.71. The van der Waals surface area contributed by atoms with Gasteiger partial charge in [0.25, 0.3) is 0 Å². The van der Waals surface area contributed by atoms with Gasteiger partial charge >= 0.3 is 0 Å². The molecule has 1 aromatic carbocycles. The number of nitrogen functional groups attached to an aromatic ring is 1. The van der Waals surface area contributed by atoms with Crippen LogP contribution >= 0.6 is 15.9 Å². The molecule has 3 nitrogen and oxygen atoms in total. The van der Waals surface area contributed by atoms with Crippen molar-refractivity contribution in [2.24, 2.45) is 7.05 Å². The summed E-state index contributed by atoms with van der Waals surface area (Å²) in [6.45, 7) is 0. The number of nitrogens with two attached hydrogens (primary N) is 1. The number of anilines is 1. The van der Waals surface area contributed by atoms with Crippen molar-refractivity contribution in [2.45, 2.75) is 0 Å². The van der Waals surface area contributed by atoms with Gasteiger partial charge in [0, 0.05) is 24.3 Å². The summed E-state index contributed by atoms with van der Waals surface area (Å²) in [4.78, 5) is 0. The molecular formula is C8H8BrN3. The molecule has 0 aliphatic rings. The Morgan fingerprint density at radius 3 is 3.00 bits per heavy atom. The highest BCUT2D eigenvalue weighted by molar-refractivity contribution is 9.10. The van der Waals surface area contributed by atoms with Gasteiger partial charge in [0.1, 0.15) is 5.52 Å². The van der Waals surface area contributed by atoms with E-state index in [9.17, 15) is 0 Å². The van der Waals surface area contributed by atoms with Gasteiger partial charge in [0.05, 0.1) is 4.47 Å². The highest BCUT2D eigenvalue weighted by Crippen LogP contribution is 2.27. The zero-order valence-corrected chi connectivity index (χ0v) is 8.17. The summed E-state index contributed by atoms with van der Waals surface area (Å²) in [6, 6.07) is 3.83. The minimum atomic E-state index is 0.723. The van der Waals surface area contributed by atoms with Crippen LogP contribution in [0.1, 0.15) is 0 Å². The first-order valence-corrected chi connectivity index (χ1v) is 4.35. The Kier molecular flexibility index (Phi) is 1.58. The van der Waals surface area contributed by atoms with Gasteiger partial charge in [-0.25, -0.2) is 0 Å². The molecule has 0 bridgehead atoms. The number of hydrogen-bond acceptors (Lipinski definition) is 2. The van der Waals surface area contributed by atoms with E-state index in [1.165, 1.54) is 0 Å². The van der Waals surface area contributed by atoms with Crippen molar-refractivity contribution >= 4 is 32.5 Å². The van der Waals surface area contributed by atoms with Crippen molar-refractivity contribution in [3.8, 4) is 0 Å². The van der Waals surface area contributed by atoms with Crippen LogP contribution in [0.5, 0.6) is 0 Å². The smallest absolute Gasteiger partial charge is 0.109 e. The van der Waals surface area contributed by atoms with E-state index in [0.29, 0.717) is 0 Å². The van der Waals surface area contributed by atoms with Crippen LogP contribution in [0.25, 0.3) is 10.9 Å². The monoisotopic (exact) mass is 225 g/mol. The van der Waals surface area contributed by atoms with Gasteiger partial charge in [-0.2, -0.15) is 5.10 Å². The molecule has 1 heterocycles. The zero-order chi connectivity index (χ0) is 8.72. The molecule has 0 aliphatic carbocycles. The Balaban J connectivity index is 2.89. The number of aromatic nitrogens is 2. The maximum atomic E-state index is 5.70. The van der Waals surface area contributed by atoms with E-state index >= 15 is 0 Å². The van der Waals surface area contributed by atoms with Gasteiger partial charge in [0.2, 0.25) is 0 Å². The number of halogens is 1. The van der Waals surface area contributed by atoms with Crippen LogP contribution in [0.2, 0.25) is 0 Å². The van der Waals surface area contributed by atoms with E-state index in [-0.39, 0.29) is 0 Å². The normalized spacial score (nSPS) is 10.8. The van der Waals surface area contributed by atoms with E-state index in [4.69, 9.17) is 5.73 Å². The Bertz CT molecular complexity index is 433. The fraction of sp³-hybridized carbons (Fsp3) is 0.125. The summed E-state index contributed by atoms with van der Waals surface area (Å²) >= 11 is 3.39. The second kappa shape index (κ2) is 2.48. The van der Waals surface area contributed by atoms with Gasteiger partial charge in [-0.05, 0) is 28.1 Å². The molecule has 0 spiro atoms. The lowest BCUT2D eigenvalue weighted by molar-refractivity contribution is 0.779. The summed E-state index contributed by atoms with van der Waals surface area (Å²) in [7, 11) is 1.89. The summed E-state index contributed by atoms with van der Waals surface area (Å²) in [5, 5.41) is 5.36. The molecule has 12 heavy (non-hydrogen) atoms. The molecule has 62 valence electrons. The molecule has 0 aliphatic heterocycles. The SMILES string of the molecule is Cn1cc2ccc(N)c(Br)c2n1. The van der Waals surface area contributed by atoms with Crippen molar-refractivity contribution in [3.05, 3.63) is 22.8 Å². The number of benzene rings is 1. The van der Waals surface area contributed by atoms with Crippen LogP contribution in [0.4, 0.5) is 5.69 Å². The van der Waals surface area contributed by atoms with E-state index in [1.54, 1.807) is 4.68 Å². The minimum Gasteiger partial charge on any atom is -0.398 e. The molecular weight excluding hydrogens is 218 g/mol. The summed E-state index contributed by atoms with van der Waals surface area (Å²) in [5.41, 5.74) is 7.34. The van der Waals surface area contributed by atoms with Crippen molar-refractivity contribution in [1.29, 1.82) is 0 Å². The van der Waals surface area contributed by atoms with Crippen LogP contribution in [0, 0.1) is 0 Å². The van der Waals surface area contributed by atoms with Crippen molar-refractivity contribution in [2.75, 3.05) is 5.73 Å². The Morgan fingerprint density at radius 2 is 2.25 bits per heavy atom. The van der Waals surface area contributed by atoms with Gasteiger partial charge in [0.15, 0.2) is 0 Å². The lowest BCUT2D eigenvalue weighted by Crippen LogP contribution is -1.88. The largest absolute Gasteiger partial charge is 0.398 e. The molecule has 2 rings (SSSR count). The minimum absolute atomic E-state index is 0.723. The van der Waals surface area contributed by atoms with Gasteiger partial charge in [-0.15, -0.1) is 0 Å². The second-order valence-corrected chi connectivity index (χ2v) is 3.50. The van der Waals surface area contributed by atoms with Crippen LogP contribution in [0.15, 0.2) is 22.8 Å². The zero-order valence-electron chi connectivity index (χ0n) is 6.58. The number of nitrogens with zero attached hydrogens (tertiary/aromatic N) is 2. The standard InChI is InChI=1S/C8H8BrN3/c1-12-4-5-2-3-6(10)7(9)8(5)11-12/h2-4H,10H2,1H3. The van der Waals surface area contributed by atoms with Crippen LogP contribution < -0.4 is 5.73 Å². The van der Waals surface area contributed by atoms with E-state index < -0.39 is 0 Å². The Hall–Kier alpha value is -1.03. The number of fused-ring (bicyclic) bond motifs is 1. The summed E-state index contributed by atoms with van der Waals surface area (Å²) in [6.07, 6.45) is 1.96. The third-order valence-electron chi connectivity index (χ3n) is 1.76. The Morgan fingerprint density at radius 1 is 1.50 bits per heavy atom. The molecule has 0 fully saturated rings. The molecule has 0 amide bonds. The van der Waals surface area contributed by atoms with Crippen molar-refractivity contribution < 1.29 is 0 Å². The van der Waals surface area contributed by atoms with E-state index in [0.717, 1.165) is 21.1 Å². The Labute approximate surface area is 78.3 Å². The van der Waals surface area contributed by atoms with E-state index in [2.05, 4.69) is 21.0 Å². The molecule has 2 aromatic rings. The van der Waals surface area contributed by atoms with Crippen molar-refractivity contribution in [3.63, 3.8) is 0 Å². The van der Waals surface area contributed by atoms with E-state index in [1.807, 2.05) is 25.4 Å². The van der Waals surface area contributed by atoms with Crippen LogP contribution in [0.3, 0.4) is 0 Å². The number of rotatable bonds is 0. The molecule has 0 atom stereocenters. The summed E-state index contributed by atoms with van der Waals surface area (Å²) in [5.74, 6) is 0. The third kappa shape index (κ3) is 0.992. The number of aryl methyl sites for hydroxylation is 1. The first-order chi connectivity index (χ1) is 5.68. The first kappa shape index (κ1) is 7.61. The average molecular weight is 226 g/mol. The maximum absolute atomic E-state index is 5.70. The third-order valence-corrected chi connectivity index (χ3v) is 2.59. The van der Waals surface area contributed by atoms with Crippen molar-refractivity contribution in [1.82, 2.24) is 9.78 Å². The molecule has 4 heteroatoms. The fourth-order valence-corrected chi connectivity index (χ4v) is 1.63. The lowest BCUT2D eigenvalue weighted by Gasteiger charge is -1.96. The quantitative estimate of drug-likeness (QED) is 0.697. The highest BCUT2D eigenvalue weighted by atomic mass is 79.9. The fourth-order valence-electron chi connectivity index (χ4n) is 1.19. The maximum Gasteiger partial charge on any atom is 0.109 e. The predicted molar refractivity (Wildman–Crippen MR) is 52.8 cm³/mol. The molecule has 2 N–H and O–H groups in total. The molecule has 1 aromatic heterocycles.